The molecule has 0 atom stereocenters. The van der Waals surface area contributed by atoms with Gasteiger partial charge in [-0.3, -0.25) is 4.90 Å². The molecule has 2 aromatic rings. The highest BCUT2D eigenvalue weighted by molar-refractivity contribution is 5.72. The van der Waals surface area contributed by atoms with Crippen molar-refractivity contribution in [1.82, 2.24) is 9.80 Å². The van der Waals surface area contributed by atoms with Gasteiger partial charge in [-0.05, 0) is 35.4 Å². The Kier molecular flexibility index (Phi) is 4.76. The lowest BCUT2D eigenvalue weighted by Gasteiger charge is -2.39. The van der Waals surface area contributed by atoms with E-state index in [9.17, 15) is 13.6 Å². The lowest BCUT2D eigenvalue weighted by atomic mass is 9.96. The number of primary amides is 1. The van der Waals surface area contributed by atoms with Gasteiger partial charge in [-0.2, -0.15) is 0 Å². The van der Waals surface area contributed by atoms with E-state index in [0.29, 0.717) is 26.2 Å². The summed E-state index contributed by atoms with van der Waals surface area (Å²) in [6.45, 7) is 2.35. The van der Waals surface area contributed by atoms with E-state index < -0.39 is 6.03 Å². The molecule has 0 spiro atoms. The summed E-state index contributed by atoms with van der Waals surface area (Å²) in [5.74, 6) is -0.592. The fourth-order valence-electron chi connectivity index (χ4n) is 3.10. The third-order valence-corrected chi connectivity index (χ3v) is 4.36. The van der Waals surface area contributed by atoms with Crippen LogP contribution in [0.5, 0.6) is 0 Å². The molecule has 2 amide bonds. The van der Waals surface area contributed by atoms with Crippen LogP contribution in [0.15, 0.2) is 48.5 Å². The van der Waals surface area contributed by atoms with Crippen molar-refractivity contribution in [2.75, 3.05) is 26.2 Å². The minimum absolute atomic E-state index is 0.124. The molecule has 6 heteroatoms. The molecule has 2 N–H and O–H groups in total. The number of rotatable bonds is 3. The first kappa shape index (κ1) is 16.4. The minimum atomic E-state index is -0.422. The molecule has 1 fully saturated rings. The molecule has 1 aliphatic rings. The van der Waals surface area contributed by atoms with Crippen molar-refractivity contribution < 1.29 is 13.6 Å². The van der Waals surface area contributed by atoms with E-state index in [1.54, 1.807) is 29.2 Å². The number of nitrogens with zero attached hydrogens (tertiary/aromatic N) is 2. The van der Waals surface area contributed by atoms with Crippen LogP contribution in [0.25, 0.3) is 0 Å². The molecule has 1 saturated heterocycles. The zero-order chi connectivity index (χ0) is 17.1. The van der Waals surface area contributed by atoms with Crippen LogP contribution in [0.4, 0.5) is 13.6 Å². The fraction of sp³-hybridized carbons (Fsp3) is 0.278. The van der Waals surface area contributed by atoms with Crippen LogP contribution in [0.3, 0.4) is 0 Å². The number of nitrogens with two attached hydrogens (primary N) is 1. The van der Waals surface area contributed by atoms with Gasteiger partial charge in [-0.25, -0.2) is 13.6 Å². The van der Waals surface area contributed by atoms with Crippen molar-refractivity contribution in [2.45, 2.75) is 6.04 Å². The third-order valence-electron chi connectivity index (χ3n) is 4.36. The molecule has 0 unspecified atom stereocenters. The van der Waals surface area contributed by atoms with E-state index in [1.807, 2.05) is 0 Å². The molecule has 126 valence electrons. The van der Waals surface area contributed by atoms with Crippen LogP contribution in [0.1, 0.15) is 17.2 Å². The Morgan fingerprint density at radius 2 is 1.25 bits per heavy atom. The normalized spacial score (nSPS) is 15.7. The maximum absolute atomic E-state index is 13.3. The Morgan fingerprint density at radius 1 is 0.833 bits per heavy atom. The molecule has 0 aromatic heterocycles. The Labute approximate surface area is 139 Å². The van der Waals surface area contributed by atoms with Crippen LogP contribution in [0.2, 0.25) is 0 Å². The first-order valence-electron chi connectivity index (χ1n) is 7.84. The van der Waals surface area contributed by atoms with Crippen molar-refractivity contribution in [3.05, 3.63) is 71.3 Å². The molecule has 2 aromatic carbocycles. The third kappa shape index (κ3) is 3.54. The number of piperazine rings is 1. The summed E-state index contributed by atoms with van der Waals surface area (Å²) in [5.41, 5.74) is 7.18. The van der Waals surface area contributed by atoms with Gasteiger partial charge in [0.2, 0.25) is 0 Å². The van der Waals surface area contributed by atoms with E-state index in [4.69, 9.17) is 5.73 Å². The van der Waals surface area contributed by atoms with Gasteiger partial charge in [0.25, 0.3) is 0 Å². The summed E-state index contributed by atoms with van der Waals surface area (Å²) in [6.07, 6.45) is 0. The number of halogens is 2. The van der Waals surface area contributed by atoms with Crippen LogP contribution in [0, 0.1) is 11.6 Å². The van der Waals surface area contributed by atoms with Crippen molar-refractivity contribution in [2.24, 2.45) is 5.73 Å². The lowest BCUT2D eigenvalue weighted by Crippen LogP contribution is -2.51. The van der Waals surface area contributed by atoms with E-state index in [-0.39, 0.29) is 17.7 Å². The standard InChI is InChI=1S/C18H19F2N3O/c19-15-5-1-13(2-6-15)17(14-3-7-16(20)8-4-14)22-9-11-23(12-10-22)18(21)24/h1-8,17H,9-12H2,(H2,21,24). The molecule has 1 aliphatic heterocycles. The molecule has 0 saturated carbocycles. The monoisotopic (exact) mass is 331 g/mol. The molecule has 4 nitrogen and oxygen atoms in total. The van der Waals surface area contributed by atoms with E-state index >= 15 is 0 Å². The second kappa shape index (κ2) is 6.97. The van der Waals surface area contributed by atoms with Crippen LogP contribution < -0.4 is 5.73 Å². The predicted molar refractivity (Wildman–Crippen MR) is 87.4 cm³/mol. The summed E-state index contributed by atoms with van der Waals surface area (Å²) in [5, 5.41) is 0. The second-order valence-electron chi connectivity index (χ2n) is 5.87. The van der Waals surface area contributed by atoms with E-state index in [0.717, 1.165) is 11.1 Å². The average Bonchev–Trinajstić information content (AvgIpc) is 2.59. The summed E-state index contributed by atoms with van der Waals surface area (Å²) in [6, 6.07) is 12.1. The number of carbonyl (C=O) groups excluding carboxylic acids is 1. The number of hydrogen-bond acceptors (Lipinski definition) is 2. The summed E-state index contributed by atoms with van der Waals surface area (Å²) < 4.78 is 26.5. The van der Waals surface area contributed by atoms with Crippen molar-refractivity contribution in [1.29, 1.82) is 0 Å². The molecular weight excluding hydrogens is 312 g/mol. The van der Waals surface area contributed by atoms with Gasteiger partial charge < -0.3 is 10.6 Å². The van der Waals surface area contributed by atoms with Gasteiger partial charge >= 0.3 is 6.03 Å². The molecular formula is C18H19F2N3O. The highest BCUT2D eigenvalue weighted by Crippen LogP contribution is 2.30. The number of hydrogen-bond donors (Lipinski definition) is 1. The van der Waals surface area contributed by atoms with Gasteiger partial charge in [0.15, 0.2) is 0 Å². The number of urea groups is 1. The summed E-state index contributed by atoms with van der Waals surface area (Å²) >= 11 is 0. The Morgan fingerprint density at radius 3 is 1.62 bits per heavy atom. The molecule has 0 aliphatic carbocycles. The molecule has 0 bridgehead atoms. The molecule has 1 heterocycles. The Bertz CT molecular complexity index is 650. The molecule has 24 heavy (non-hydrogen) atoms. The largest absolute Gasteiger partial charge is 0.351 e. The Hall–Kier alpha value is -2.47. The van der Waals surface area contributed by atoms with Crippen molar-refractivity contribution in [3.63, 3.8) is 0 Å². The highest BCUT2D eigenvalue weighted by Gasteiger charge is 2.27. The molecule has 0 radical (unpaired) electrons. The first-order valence-corrected chi connectivity index (χ1v) is 7.84. The molecule has 3 rings (SSSR count). The fourth-order valence-corrected chi connectivity index (χ4v) is 3.10. The van der Waals surface area contributed by atoms with E-state index in [1.165, 1.54) is 24.3 Å². The smallest absolute Gasteiger partial charge is 0.314 e. The number of benzene rings is 2. The topological polar surface area (TPSA) is 49.6 Å². The predicted octanol–water partition coefficient (Wildman–Crippen LogP) is 2.75. The van der Waals surface area contributed by atoms with Gasteiger partial charge in [-0.1, -0.05) is 24.3 Å². The van der Waals surface area contributed by atoms with E-state index in [2.05, 4.69) is 4.90 Å². The lowest BCUT2D eigenvalue weighted by molar-refractivity contribution is 0.124. The van der Waals surface area contributed by atoms with Crippen LogP contribution in [-0.4, -0.2) is 42.0 Å². The quantitative estimate of drug-likeness (QED) is 0.940. The van der Waals surface area contributed by atoms with Gasteiger partial charge in [-0.15, -0.1) is 0 Å². The van der Waals surface area contributed by atoms with Crippen molar-refractivity contribution >= 4 is 6.03 Å². The zero-order valence-corrected chi connectivity index (χ0v) is 13.2. The van der Waals surface area contributed by atoms with Gasteiger partial charge in [0.05, 0.1) is 6.04 Å². The number of amides is 2. The zero-order valence-electron chi connectivity index (χ0n) is 13.2. The van der Waals surface area contributed by atoms with Crippen LogP contribution in [-0.2, 0) is 0 Å². The highest BCUT2D eigenvalue weighted by atomic mass is 19.1. The number of carbonyl (C=O) groups is 1. The summed E-state index contributed by atoms with van der Waals surface area (Å²) in [7, 11) is 0. The Balaban J connectivity index is 1.89. The van der Waals surface area contributed by atoms with Crippen LogP contribution >= 0.6 is 0 Å². The van der Waals surface area contributed by atoms with Crippen molar-refractivity contribution in [3.8, 4) is 0 Å². The second-order valence-corrected chi connectivity index (χ2v) is 5.87. The average molecular weight is 331 g/mol. The van der Waals surface area contributed by atoms with Gasteiger partial charge in [0, 0.05) is 26.2 Å². The maximum atomic E-state index is 13.3. The first-order chi connectivity index (χ1) is 11.5. The minimum Gasteiger partial charge on any atom is -0.351 e. The maximum Gasteiger partial charge on any atom is 0.314 e. The van der Waals surface area contributed by atoms with Gasteiger partial charge in [0.1, 0.15) is 11.6 Å². The summed E-state index contributed by atoms with van der Waals surface area (Å²) in [4.78, 5) is 15.1. The SMILES string of the molecule is NC(=O)N1CCN(C(c2ccc(F)cc2)c2ccc(F)cc2)CC1.